The summed E-state index contributed by atoms with van der Waals surface area (Å²) in [5, 5.41) is 8.42. The van der Waals surface area contributed by atoms with Crippen molar-refractivity contribution in [1.82, 2.24) is 9.38 Å². The summed E-state index contributed by atoms with van der Waals surface area (Å²) in [4.78, 5) is 15.4. The monoisotopic (exact) mass is 279 g/mol. The maximum Gasteiger partial charge on any atom is 0.248 e. The summed E-state index contributed by atoms with van der Waals surface area (Å²) in [5.41, 5.74) is 7.91. The van der Waals surface area contributed by atoms with Crippen molar-refractivity contribution in [2.45, 2.75) is 6.92 Å². The highest BCUT2D eigenvalue weighted by molar-refractivity contribution is 5.92. The van der Waals surface area contributed by atoms with Crippen molar-refractivity contribution >= 4 is 23.1 Å². The molecule has 0 saturated heterocycles. The molecule has 6 heteroatoms. The highest BCUT2D eigenvalue weighted by Gasteiger charge is 2.06. The third-order valence-corrected chi connectivity index (χ3v) is 3.08. The number of imidazole rings is 1. The Morgan fingerprint density at radius 3 is 2.62 bits per heavy atom. The molecule has 2 N–H and O–H groups in total. The standard InChI is InChI=1S/C15H13N5O/c1-10-15(20-9-3-2-4-13(20)17-10)19-18-12-7-5-11(6-8-12)14(16)21/h2-9H,1H3,(H2,16,21). The Labute approximate surface area is 121 Å². The zero-order valence-corrected chi connectivity index (χ0v) is 11.4. The lowest BCUT2D eigenvalue weighted by Crippen LogP contribution is -2.10. The van der Waals surface area contributed by atoms with Gasteiger partial charge < -0.3 is 5.73 Å². The second-order valence-electron chi connectivity index (χ2n) is 4.56. The molecule has 0 atom stereocenters. The van der Waals surface area contributed by atoms with Crippen LogP contribution >= 0.6 is 0 Å². The number of benzene rings is 1. The fourth-order valence-corrected chi connectivity index (χ4v) is 2.02. The number of rotatable bonds is 3. The summed E-state index contributed by atoms with van der Waals surface area (Å²) < 4.78 is 1.87. The normalized spacial score (nSPS) is 11.3. The van der Waals surface area contributed by atoms with Gasteiger partial charge in [-0.3, -0.25) is 9.20 Å². The summed E-state index contributed by atoms with van der Waals surface area (Å²) in [6, 6.07) is 12.4. The van der Waals surface area contributed by atoms with E-state index in [1.165, 1.54) is 0 Å². The van der Waals surface area contributed by atoms with Gasteiger partial charge in [0, 0.05) is 11.8 Å². The summed E-state index contributed by atoms with van der Waals surface area (Å²) >= 11 is 0. The minimum absolute atomic E-state index is 0.444. The topological polar surface area (TPSA) is 85.1 Å². The Balaban J connectivity index is 1.94. The molecule has 0 saturated carbocycles. The van der Waals surface area contributed by atoms with Gasteiger partial charge in [-0.05, 0) is 43.3 Å². The Bertz CT molecular complexity index is 833. The van der Waals surface area contributed by atoms with Crippen LogP contribution in [0.1, 0.15) is 16.1 Å². The zero-order valence-electron chi connectivity index (χ0n) is 11.4. The molecule has 0 bridgehead atoms. The smallest absolute Gasteiger partial charge is 0.248 e. The lowest BCUT2D eigenvalue weighted by molar-refractivity contribution is 0.100. The van der Waals surface area contributed by atoms with Gasteiger partial charge in [0.15, 0.2) is 5.82 Å². The second-order valence-corrected chi connectivity index (χ2v) is 4.56. The van der Waals surface area contributed by atoms with E-state index >= 15 is 0 Å². The molecule has 2 aromatic heterocycles. The van der Waals surface area contributed by atoms with Crippen LogP contribution in [0.2, 0.25) is 0 Å². The third kappa shape index (κ3) is 2.51. The Morgan fingerprint density at radius 1 is 1.14 bits per heavy atom. The molecular formula is C15H13N5O. The lowest BCUT2D eigenvalue weighted by Gasteiger charge is -1.97. The minimum Gasteiger partial charge on any atom is -0.366 e. The van der Waals surface area contributed by atoms with Crippen LogP contribution in [-0.2, 0) is 0 Å². The number of nitrogens with two attached hydrogens (primary N) is 1. The van der Waals surface area contributed by atoms with Crippen LogP contribution in [0.25, 0.3) is 5.65 Å². The van der Waals surface area contributed by atoms with E-state index in [0.29, 0.717) is 17.1 Å². The largest absolute Gasteiger partial charge is 0.366 e. The van der Waals surface area contributed by atoms with E-state index < -0.39 is 5.91 Å². The SMILES string of the molecule is Cc1nc2ccccn2c1N=Nc1ccc(C(N)=O)cc1. The molecule has 0 aliphatic carbocycles. The van der Waals surface area contributed by atoms with Gasteiger partial charge in [0.1, 0.15) is 5.65 Å². The quantitative estimate of drug-likeness (QED) is 0.747. The van der Waals surface area contributed by atoms with Gasteiger partial charge in [-0.1, -0.05) is 6.07 Å². The maximum atomic E-state index is 11.0. The summed E-state index contributed by atoms with van der Waals surface area (Å²) in [6.07, 6.45) is 1.89. The molecule has 0 aliphatic heterocycles. The Morgan fingerprint density at radius 2 is 1.90 bits per heavy atom. The number of fused-ring (bicyclic) bond motifs is 1. The maximum absolute atomic E-state index is 11.0. The van der Waals surface area contributed by atoms with Gasteiger partial charge in [-0.25, -0.2) is 4.98 Å². The van der Waals surface area contributed by atoms with Crippen molar-refractivity contribution < 1.29 is 4.79 Å². The van der Waals surface area contributed by atoms with Crippen LogP contribution in [0, 0.1) is 6.92 Å². The summed E-state index contributed by atoms with van der Waals surface area (Å²) in [6.45, 7) is 1.89. The molecule has 3 rings (SSSR count). The number of primary amides is 1. The van der Waals surface area contributed by atoms with Crippen molar-refractivity contribution in [1.29, 1.82) is 0 Å². The van der Waals surface area contributed by atoms with Crippen molar-refractivity contribution in [2.24, 2.45) is 16.0 Å². The van der Waals surface area contributed by atoms with Gasteiger partial charge in [0.25, 0.3) is 0 Å². The van der Waals surface area contributed by atoms with Crippen molar-refractivity contribution in [3.63, 3.8) is 0 Å². The number of aromatic nitrogens is 2. The number of aryl methyl sites for hydroxylation is 1. The number of azo groups is 1. The second kappa shape index (κ2) is 5.16. The first-order valence-corrected chi connectivity index (χ1v) is 6.40. The van der Waals surface area contributed by atoms with Crippen LogP contribution in [0.3, 0.4) is 0 Å². The number of pyridine rings is 1. The number of nitrogens with zero attached hydrogens (tertiary/aromatic N) is 4. The number of amides is 1. The number of carbonyl (C=O) groups is 1. The van der Waals surface area contributed by atoms with E-state index in [1.807, 2.05) is 35.7 Å². The number of hydrogen-bond donors (Lipinski definition) is 1. The van der Waals surface area contributed by atoms with E-state index in [0.717, 1.165) is 11.3 Å². The number of hydrogen-bond acceptors (Lipinski definition) is 4. The highest BCUT2D eigenvalue weighted by atomic mass is 16.1. The molecule has 0 radical (unpaired) electrons. The van der Waals surface area contributed by atoms with E-state index in [4.69, 9.17) is 5.73 Å². The fourth-order valence-electron chi connectivity index (χ4n) is 2.02. The van der Waals surface area contributed by atoms with Gasteiger partial charge in [-0.2, -0.15) is 0 Å². The van der Waals surface area contributed by atoms with Crippen LogP contribution in [0.5, 0.6) is 0 Å². The molecule has 6 nitrogen and oxygen atoms in total. The zero-order chi connectivity index (χ0) is 14.8. The average Bonchev–Trinajstić information content (AvgIpc) is 2.81. The first-order chi connectivity index (χ1) is 10.1. The molecule has 0 fully saturated rings. The molecule has 2 heterocycles. The Hall–Kier alpha value is -3.02. The minimum atomic E-state index is -0.462. The van der Waals surface area contributed by atoms with Gasteiger partial charge in [0.2, 0.25) is 5.91 Å². The summed E-state index contributed by atoms with van der Waals surface area (Å²) in [5.74, 6) is 0.223. The molecule has 21 heavy (non-hydrogen) atoms. The molecule has 1 aromatic carbocycles. The van der Waals surface area contributed by atoms with E-state index in [1.54, 1.807) is 24.3 Å². The van der Waals surface area contributed by atoms with Gasteiger partial charge in [-0.15, -0.1) is 10.2 Å². The van der Waals surface area contributed by atoms with Crippen molar-refractivity contribution in [3.05, 3.63) is 59.9 Å². The third-order valence-electron chi connectivity index (χ3n) is 3.08. The van der Waals surface area contributed by atoms with Crippen LogP contribution in [0.15, 0.2) is 58.9 Å². The first-order valence-electron chi connectivity index (χ1n) is 6.40. The number of carbonyl (C=O) groups excluding carboxylic acids is 1. The molecule has 3 aromatic rings. The predicted octanol–water partition coefficient (Wildman–Crippen LogP) is 3.16. The molecule has 0 spiro atoms. The van der Waals surface area contributed by atoms with Crippen molar-refractivity contribution in [2.75, 3.05) is 0 Å². The molecule has 0 aliphatic rings. The van der Waals surface area contributed by atoms with E-state index in [-0.39, 0.29) is 0 Å². The van der Waals surface area contributed by atoms with Gasteiger partial charge in [0.05, 0.1) is 11.4 Å². The predicted molar refractivity (Wildman–Crippen MR) is 79.1 cm³/mol. The first kappa shape index (κ1) is 13.0. The van der Waals surface area contributed by atoms with E-state index in [9.17, 15) is 4.79 Å². The Kier molecular flexibility index (Phi) is 3.19. The van der Waals surface area contributed by atoms with Crippen molar-refractivity contribution in [3.8, 4) is 0 Å². The van der Waals surface area contributed by atoms with Crippen LogP contribution in [-0.4, -0.2) is 15.3 Å². The molecule has 104 valence electrons. The lowest BCUT2D eigenvalue weighted by atomic mass is 10.2. The molecule has 0 unspecified atom stereocenters. The van der Waals surface area contributed by atoms with Crippen LogP contribution < -0.4 is 5.73 Å². The molecule has 1 amide bonds. The van der Waals surface area contributed by atoms with Gasteiger partial charge >= 0.3 is 0 Å². The van der Waals surface area contributed by atoms with Crippen LogP contribution in [0.4, 0.5) is 11.5 Å². The fraction of sp³-hybridized carbons (Fsp3) is 0.0667. The van der Waals surface area contributed by atoms with E-state index in [2.05, 4.69) is 15.2 Å². The highest BCUT2D eigenvalue weighted by Crippen LogP contribution is 2.23. The summed E-state index contributed by atoms with van der Waals surface area (Å²) in [7, 11) is 0. The molecular weight excluding hydrogens is 266 g/mol. The average molecular weight is 279 g/mol.